The Balaban J connectivity index is 2.26. The standard InChI is InChI=1S/C29H38BrN3O4/c1-7-8-9-12-15-32(26(34)16-19(2)3)20(4)28-31-23-14-11-10-13-22(23)29(35)33(28)24-17-21(36-5)18-25(37-6)27(24)30/h10-11,13-14,17-20H,7-9,12,15-16H2,1-6H3. The highest BCUT2D eigenvalue weighted by Gasteiger charge is 2.28. The van der Waals surface area contributed by atoms with Crippen LogP contribution in [0.1, 0.15) is 71.7 Å². The third-order valence-corrected chi connectivity index (χ3v) is 7.29. The average molecular weight is 573 g/mol. The second kappa shape index (κ2) is 13.1. The van der Waals surface area contributed by atoms with E-state index in [4.69, 9.17) is 14.5 Å². The molecule has 0 saturated heterocycles. The van der Waals surface area contributed by atoms with Gasteiger partial charge in [0.2, 0.25) is 5.91 Å². The predicted octanol–water partition coefficient (Wildman–Crippen LogP) is 6.68. The number of halogens is 1. The van der Waals surface area contributed by atoms with Gasteiger partial charge in [-0.15, -0.1) is 0 Å². The largest absolute Gasteiger partial charge is 0.497 e. The molecule has 0 N–H and O–H groups in total. The topological polar surface area (TPSA) is 73.7 Å². The maximum atomic E-state index is 14.0. The summed E-state index contributed by atoms with van der Waals surface area (Å²) in [4.78, 5) is 34.3. The van der Waals surface area contributed by atoms with Gasteiger partial charge in [0, 0.05) is 25.1 Å². The molecular formula is C29H38BrN3O4. The molecule has 1 atom stereocenters. The van der Waals surface area contributed by atoms with Crippen LogP contribution in [0.15, 0.2) is 45.7 Å². The summed E-state index contributed by atoms with van der Waals surface area (Å²) in [5.74, 6) is 1.85. The summed E-state index contributed by atoms with van der Waals surface area (Å²) in [5.41, 5.74) is 0.924. The van der Waals surface area contributed by atoms with Crippen LogP contribution in [0.3, 0.4) is 0 Å². The van der Waals surface area contributed by atoms with Crippen LogP contribution >= 0.6 is 15.9 Å². The van der Waals surface area contributed by atoms with Crippen molar-refractivity contribution in [2.45, 2.75) is 65.8 Å². The van der Waals surface area contributed by atoms with E-state index in [1.165, 1.54) is 0 Å². The molecule has 2 aromatic carbocycles. The zero-order valence-electron chi connectivity index (χ0n) is 22.7. The molecule has 0 bridgehead atoms. The smallest absolute Gasteiger partial charge is 0.266 e. The number of benzene rings is 2. The van der Waals surface area contributed by atoms with Gasteiger partial charge in [0.05, 0.1) is 41.3 Å². The second-order valence-corrected chi connectivity index (χ2v) is 10.5. The van der Waals surface area contributed by atoms with Crippen LogP contribution < -0.4 is 15.0 Å². The van der Waals surface area contributed by atoms with E-state index in [-0.39, 0.29) is 17.4 Å². The number of amides is 1. The van der Waals surface area contributed by atoms with Crippen molar-refractivity contribution in [3.63, 3.8) is 0 Å². The molecule has 0 radical (unpaired) electrons. The van der Waals surface area contributed by atoms with Crippen LogP contribution in [0, 0.1) is 5.92 Å². The molecule has 3 aromatic rings. The van der Waals surface area contributed by atoms with Crippen molar-refractivity contribution >= 4 is 32.7 Å². The molecule has 0 saturated carbocycles. The first-order valence-electron chi connectivity index (χ1n) is 13.0. The molecule has 8 heteroatoms. The van der Waals surface area contributed by atoms with Crippen LogP contribution in [-0.4, -0.2) is 41.1 Å². The Labute approximate surface area is 227 Å². The van der Waals surface area contributed by atoms with Gasteiger partial charge in [0.15, 0.2) is 0 Å². The van der Waals surface area contributed by atoms with Gasteiger partial charge in [-0.1, -0.05) is 52.2 Å². The lowest BCUT2D eigenvalue weighted by Gasteiger charge is -2.31. The summed E-state index contributed by atoms with van der Waals surface area (Å²) < 4.78 is 13.3. The Hall–Kier alpha value is -2.87. The highest BCUT2D eigenvalue weighted by atomic mass is 79.9. The van der Waals surface area contributed by atoms with Gasteiger partial charge in [0.25, 0.3) is 5.56 Å². The third kappa shape index (κ3) is 6.53. The molecule has 0 aliphatic carbocycles. The normalized spacial score (nSPS) is 12.1. The lowest BCUT2D eigenvalue weighted by molar-refractivity contribution is -0.134. The zero-order chi connectivity index (χ0) is 27.1. The van der Waals surface area contributed by atoms with Crippen molar-refractivity contribution in [2.75, 3.05) is 20.8 Å². The number of aromatic nitrogens is 2. The van der Waals surface area contributed by atoms with E-state index in [0.717, 1.165) is 25.7 Å². The quantitative estimate of drug-likeness (QED) is 0.227. The summed E-state index contributed by atoms with van der Waals surface area (Å²) >= 11 is 3.63. The fraction of sp³-hybridized carbons (Fsp3) is 0.483. The highest BCUT2D eigenvalue weighted by molar-refractivity contribution is 9.10. The van der Waals surface area contributed by atoms with Crippen LogP contribution in [0.5, 0.6) is 11.5 Å². The lowest BCUT2D eigenvalue weighted by atomic mass is 10.1. The summed E-state index contributed by atoms with van der Waals surface area (Å²) in [6.07, 6.45) is 4.62. The monoisotopic (exact) mass is 571 g/mol. The van der Waals surface area contributed by atoms with E-state index >= 15 is 0 Å². The molecule has 0 spiro atoms. The summed E-state index contributed by atoms with van der Waals surface area (Å²) in [6.45, 7) is 8.82. The van der Waals surface area contributed by atoms with Crippen molar-refractivity contribution in [3.05, 3.63) is 57.0 Å². The molecule has 3 rings (SSSR count). The molecule has 7 nitrogen and oxygen atoms in total. The minimum atomic E-state index is -0.436. The van der Waals surface area contributed by atoms with Crippen molar-refractivity contribution < 1.29 is 14.3 Å². The highest BCUT2D eigenvalue weighted by Crippen LogP contribution is 2.37. The molecule has 37 heavy (non-hydrogen) atoms. The van der Waals surface area contributed by atoms with Gasteiger partial charge in [-0.3, -0.25) is 14.2 Å². The van der Waals surface area contributed by atoms with E-state index in [2.05, 4.69) is 22.9 Å². The summed E-state index contributed by atoms with van der Waals surface area (Å²) in [5, 5.41) is 0.495. The number of carbonyl (C=O) groups is 1. The molecule has 200 valence electrons. The van der Waals surface area contributed by atoms with Crippen molar-refractivity contribution in [1.29, 1.82) is 0 Å². The van der Waals surface area contributed by atoms with Gasteiger partial charge in [0.1, 0.15) is 17.3 Å². The zero-order valence-corrected chi connectivity index (χ0v) is 24.3. The molecular weight excluding hydrogens is 534 g/mol. The van der Waals surface area contributed by atoms with E-state index in [1.807, 2.05) is 43.9 Å². The van der Waals surface area contributed by atoms with Crippen LogP contribution in [0.4, 0.5) is 0 Å². The van der Waals surface area contributed by atoms with Crippen molar-refractivity contribution in [2.24, 2.45) is 5.92 Å². The van der Waals surface area contributed by atoms with Gasteiger partial charge < -0.3 is 14.4 Å². The molecule has 0 aliphatic rings. The Morgan fingerprint density at radius 3 is 2.46 bits per heavy atom. The van der Waals surface area contributed by atoms with Gasteiger partial charge >= 0.3 is 0 Å². The SMILES string of the molecule is CCCCCCN(C(=O)CC(C)C)C(C)c1nc2ccccc2c(=O)n1-c1cc(OC)cc(OC)c1Br. The fourth-order valence-corrected chi connectivity index (χ4v) is 5.07. The van der Waals surface area contributed by atoms with Crippen molar-refractivity contribution in [1.82, 2.24) is 14.5 Å². The minimum absolute atomic E-state index is 0.0650. The Kier molecular flexibility index (Phi) is 10.1. The van der Waals surface area contributed by atoms with E-state index in [0.29, 0.717) is 51.4 Å². The number of para-hydroxylation sites is 1. The number of fused-ring (bicyclic) bond motifs is 1. The molecule has 0 fully saturated rings. The van der Waals surface area contributed by atoms with Crippen LogP contribution in [-0.2, 0) is 4.79 Å². The first-order chi connectivity index (χ1) is 17.7. The van der Waals surface area contributed by atoms with Gasteiger partial charge in [-0.05, 0) is 47.3 Å². The Morgan fingerprint density at radius 1 is 1.08 bits per heavy atom. The van der Waals surface area contributed by atoms with Crippen LogP contribution in [0.2, 0.25) is 0 Å². The number of ether oxygens (including phenoxy) is 2. The maximum Gasteiger partial charge on any atom is 0.266 e. The van der Waals surface area contributed by atoms with Gasteiger partial charge in [-0.25, -0.2) is 4.98 Å². The number of hydrogen-bond acceptors (Lipinski definition) is 5. The molecule has 1 aromatic heterocycles. The number of methoxy groups -OCH3 is 2. The number of hydrogen-bond donors (Lipinski definition) is 0. The maximum absolute atomic E-state index is 14.0. The first kappa shape index (κ1) is 28.7. The second-order valence-electron chi connectivity index (χ2n) is 9.71. The first-order valence-corrected chi connectivity index (χ1v) is 13.8. The van der Waals surface area contributed by atoms with E-state index in [9.17, 15) is 9.59 Å². The third-order valence-electron chi connectivity index (χ3n) is 6.49. The summed E-state index contributed by atoms with van der Waals surface area (Å²) in [6, 6.07) is 10.4. The van der Waals surface area contributed by atoms with Crippen molar-refractivity contribution in [3.8, 4) is 17.2 Å². The minimum Gasteiger partial charge on any atom is -0.497 e. The molecule has 1 amide bonds. The molecule has 1 unspecified atom stereocenters. The van der Waals surface area contributed by atoms with E-state index in [1.54, 1.807) is 37.0 Å². The fourth-order valence-electron chi connectivity index (χ4n) is 4.50. The predicted molar refractivity (Wildman–Crippen MR) is 152 cm³/mol. The molecule has 1 heterocycles. The number of nitrogens with zero attached hydrogens (tertiary/aromatic N) is 3. The average Bonchev–Trinajstić information content (AvgIpc) is 2.88. The number of rotatable bonds is 12. The van der Waals surface area contributed by atoms with Crippen LogP contribution in [0.25, 0.3) is 16.6 Å². The number of unbranched alkanes of at least 4 members (excludes halogenated alkanes) is 3. The Bertz CT molecular complexity index is 1290. The van der Waals surface area contributed by atoms with E-state index < -0.39 is 6.04 Å². The number of carbonyl (C=O) groups excluding carboxylic acids is 1. The summed E-state index contributed by atoms with van der Waals surface area (Å²) in [7, 11) is 3.14. The lowest BCUT2D eigenvalue weighted by Crippen LogP contribution is -2.38. The Morgan fingerprint density at radius 2 is 1.81 bits per heavy atom. The van der Waals surface area contributed by atoms with Gasteiger partial charge in [-0.2, -0.15) is 0 Å². The molecule has 0 aliphatic heterocycles.